The second kappa shape index (κ2) is 10.1. The number of rotatable bonds is 9. The number of carbonyl (C=O) groups excluding carboxylic acids is 2. The SMILES string of the molecule is CC(C)C(OC(=O)CC(CC(=O)c1ccccc1)c1ccccc1)C(C)C. The van der Waals surface area contributed by atoms with Crippen molar-refractivity contribution < 1.29 is 14.3 Å². The highest BCUT2D eigenvalue weighted by molar-refractivity contribution is 5.96. The van der Waals surface area contributed by atoms with Gasteiger partial charge in [0, 0.05) is 17.9 Å². The molecule has 0 saturated carbocycles. The summed E-state index contributed by atoms with van der Waals surface area (Å²) >= 11 is 0. The van der Waals surface area contributed by atoms with E-state index in [4.69, 9.17) is 4.74 Å². The zero-order valence-electron chi connectivity index (χ0n) is 16.7. The molecule has 2 aromatic rings. The van der Waals surface area contributed by atoms with E-state index in [1.165, 1.54) is 0 Å². The van der Waals surface area contributed by atoms with Crippen molar-refractivity contribution in [2.45, 2.75) is 52.6 Å². The molecular weight excluding hydrogens is 336 g/mol. The monoisotopic (exact) mass is 366 g/mol. The van der Waals surface area contributed by atoms with E-state index in [1.54, 1.807) is 0 Å². The molecule has 0 heterocycles. The first kappa shape index (κ1) is 20.9. The van der Waals surface area contributed by atoms with Crippen LogP contribution in [0.4, 0.5) is 0 Å². The molecule has 0 aliphatic heterocycles. The van der Waals surface area contributed by atoms with Gasteiger partial charge in [0.15, 0.2) is 5.78 Å². The minimum Gasteiger partial charge on any atom is -0.462 e. The Morgan fingerprint density at radius 3 is 1.81 bits per heavy atom. The van der Waals surface area contributed by atoms with Crippen LogP contribution in [-0.2, 0) is 9.53 Å². The molecule has 0 amide bonds. The topological polar surface area (TPSA) is 43.4 Å². The van der Waals surface area contributed by atoms with Crippen molar-refractivity contribution in [3.8, 4) is 0 Å². The number of ketones is 1. The molecule has 3 nitrogen and oxygen atoms in total. The van der Waals surface area contributed by atoms with Gasteiger partial charge in [0.05, 0.1) is 6.42 Å². The Labute approximate surface area is 162 Å². The maximum Gasteiger partial charge on any atom is 0.306 e. The Kier molecular flexibility index (Phi) is 7.78. The van der Waals surface area contributed by atoms with E-state index >= 15 is 0 Å². The smallest absolute Gasteiger partial charge is 0.306 e. The predicted molar refractivity (Wildman–Crippen MR) is 109 cm³/mol. The lowest BCUT2D eigenvalue weighted by molar-refractivity contribution is -0.154. The van der Waals surface area contributed by atoms with Crippen molar-refractivity contribution in [3.05, 3.63) is 71.8 Å². The van der Waals surface area contributed by atoms with Crippen LogP contribution in [0.1, 0.15) is 62.4 Å². The minimum absolute atomic E-state index is 0.0431. The standard InChI is InChI=1S/C24H30O3/c1-17(2)24(18(3)4)27-23(26)16-21(19-11-7-5-8-12-19)15-22(25)20-13-9-6-10-14-20/h5-14,17-18,21,24H,15-16H2,1-4H3. The summed E-state index contributed by atoms with van der Waals surface area (Å²) in [5.74, 6) is 0.134. The third kappa shape index (κ3) is 6.35. The fourth-order valence-corrected chi connectivity index (χ4v) is 3.44. The quantitative estimate of drug-likeness (QED) is 0.425. The Bertz CT molecular complexity index is 712. The highest BCUT2D eigenvalue weighted by atomic mass is 16.5. The van der Waals surface area contributed by atoms with Gasteiger partial charge in [-0.05, 0) is 17.4 Å². The first-order valence-electron chi connectivity index (χ1n) is 9.71. The van der Waals surface area contributed by atoms with Gasteiger partial charge >= 0.3 is 5.97 Å². The van der Waals surface area contributed by atoms with E-state index in [0.717, 1.165) is 5.56 Å². The number of benzene rings is 2. The molecule has 0 aromatic heterocycles. The molecule has 0 aliphatic rings. The van der Waals surface area contributed by atoms with Gasteiger partial charge in [-0.25, -0.2) is 0 Å². The maximum absolute atomic E-state index is 12.7. The summed E-state index contributed by atoms with van der Waals surface area (Å²) in [6, 6.07) is 19.0. The summed E-state index contributed by atoms with van der Waals surface area (Å²) in [4.78, 5) is 25.3. The largest absolute Gasteiger partial charge is 0.462 e. The van der Waals surface area contributed by atoms with Crippen molar-refractivity contribution in [2.75, 3.05) is 0 Å². The molecule has 0 radical (unpaired) electrons. The summed E-state index contributed by atoms with van der Waals surface area (Å²) in [5.41, 5.74) is 1.67. The summed E-state index contributed by atoms with van der Waals surface area (Å²) in [7, 11) is 0. The van der Waals surface area contributed by atoms with Gasteiger partial charge in [-0.2, -0.15) is 0 Å². The molecule has 3 heteroatoms. The van der Waals surface area contributed by atoms with Gasteiger partial charge in [0.2, 0.25) is 0 Å². The highest BCUT2D eigenvalue weighted by Crippen LogP contribution is 2.27. The van der Waals surface area contributed by atoms with Crippen LogP contribution in [0.2, 0.25) is 0 Å². The van der Waals surface area contributed by atoms with Crippen LogP contribution in [0.25, 0.3) is 0 Å². The van der Waals surface area contributed by atoms with Crippen LogP contribution in [0.15, 0.2) is 60.7 Å². The molecule has 1 atom stereocenters. The molecule has 0 bridgehead atoms. The van der Waals surface area contributed by atoms with E-state index in [9.17, 15) is 9.59 Å². The van der Waals surface area contributed by atoms with E-state index in [1.807, 2.05) is 60.7 Å². The highest BCUT2D eigenvalue weighted by Gasteiger charge is 2.26. The Hall–Kier alpha value is -2.42. The molecule has 2 aromatic carbocycles. The maximum atomic E-state index is 12.7. The van der Waals surface area contributed by atoms with Gasteiger partial charge in [-0.3, -0.25) is 9.59 Å². The summed E-state index contributed by atoms with van der Waals surface area (Å²) < 4.78 is 5.76. The second-order valence-corrected chi connectivity index (χ2v) is 7.75. The molecule has 27 heavy (non-hydrogen) atoms. The van der Waals surface area contributed by atoms with Crippen LogP contribution in [0, 0.1) is 11.8 Å². The minimum atomic E-state index is -0.239. The van der Waals surface area contributed by atoms with Gasteiger partial charge in [-0.1, -0.05) is 88.4 Å². The lowest BCUT2D eigenvalue weighted by Gasteiger charge is -2.26. The number of esters is 1. The van der Waals surface area contributed by atoms with Crippen LogP contribution >= 0.6 is 0 Å². The normalized spacial score (nSPS) is 12.4. The molecule has 0 spiro atoms. The lowest BCUT2D eigenvalue weighted by Crippen LogP contribution is -2.29. The third-order valence-corrected chi connectivity index (χ3v) is 4.79. The summed E-state index contributed by atoms with van der Waals surface area (Å²) in [6.07, 6.45) is 0.383. The van der Waals surface area contributed by atoms with Crippen LogP contribution in [-0.4, -0.2) is 17.9 Å². The van der Waals surface area contributed by atoms with Gasteiger partial charge < -0.3 is 4.74 Å². The lowest BCUT2D eigenvalue weighted by atomic mass is 9.89. The van der Waals surface area contributed by atoms with E-state index in [2.05, 4.69) is 27.7 Å². The number of Topliss-reactive ketones (excluding diaryl/α,β-unsaturated/α-hetero) is 1. The summed E-state index contributed by atoms with van der Waals surface area (Å²) in [6.45, 7) is 8.24. The molecule has 144 valence electrons. The molecular formula is C24H30O3. The molecule has 0 fully saturated rings. The molecule has 2 rings (SSSR count). The average Bonchev–Trinajstić information content (AvgIpc) is 2.66. The second-order valence-electron chi connectivity index (χ2n) is 7.75. The van der Waals surface area contributed by atoms with E-state index < -0.39 is 0 Å². The van der Waals surface area contributed by atoms with Crippen molar-refractivity contribution in [2.24, 2.45) is 11.8 Å². The van der Waals surface area contributed by atoms with Crippen molar-refractivity contribution >= 4 is 11.8 Å². The van der Waals surface area contributed by atoms with Crippen molar-refractivity contribution in [1.82, 2.24) is 0 Å². The van der Waals surface area contributed by atoms with Gasteiger partial charge in [-0.15, -0.1) is 0 Å². The van der Waals surface area contributed by atoms with E-state index in [0.29, 0.717) is 5.56 Å². The zero-order chi connectivity index (χ0) is 19.8. The van der Waals surface area contributed by atoms with Gasteiger partial charge in [0.25, 0.3) is 0 Å². The number of hydrogen-bond donors (Lipinski definition) is 0. The molecule has 1 unspecified atom stereocenters. The Balaban J connectivity index is 2.13. The van der Waals surface area contributed by atoms with Crippen LogP contribution < -0.4 is 0 Å². The van der Waals surface area contributed by atoms with Crippen LogP contribution in [0.5, 0.6) is 0 Å². The predicted octanol–water partition coefficient (Wildman–Crippen LogP) is 5.66. The third-order valence-electron chi connectivity index (χ3n) is 4.79. The number of ether oxygens (including phenoxy) is 1. The zero-order valence-corrected chi connectivity index (χ0v) is 16.7. The molecule has 0 aliphatic carbocycles. The Morgan fingerprint density at radius 1 is 0.778 bits per heavy atom. The van der Waals surface area contributed by atoms with Gasteiger partial charge in [0.1, 0.15) is 6.10 Å². The first-order valence-corrected chi connectivity index (χ1v) is 9.71. The first-order chi connectivity index (χ1) is 12.9. The van der Waals surface area contributed by atoms with E-state index in [-0.39, 0.29) is 48.5 Å². The van der Waals surface area contributed by atoms with Crippen molar-refractivity contribution in [1.29, 1.82) is 0 Å². The summed E-state index contributed by atoms with van der Waals surface area (Å²) in [5, 5.41) is 0. The fourth-order valence-electron chi connectivity index (χ4n) is 3.44. The molecule has 0 N–H and O–H groups in total. The number of hydrogen-bond acceptors (Lipinski definition) is 3. The number of carbonyl (C=O) groups is 2. The average molecular weight is 367 g/mol. The molecule has 0 saturated heterocycles. The van der Waals surface area contributed by atoms with Crippen molar-refractivity contribution in [3.63, 3.8) is 0 Å². The Morgan fingerprint density at radius 2 is 1.30 bits per heavy atom. The van der Waals surface area contributed by atoms with Crippen LogP contribution in [0.3, 0.4) is 0 Å². The fraction of sp³-hybridized carbons (Fsp3) is 0.417.